The molecule has 0 saturated carbocycles. The second-order valence-electron chi connectivity index (χ2n) is 4.46. The number of hydrogen-bond donors (Lipinski definition) is 2. The number of aryl methyl sites for hydroxylation is 1. The number of carbonyl (C=O) groups excluding carboxylic acids is 1. The van der Waals surface area contributed by atoms with Gasteiger partial charge in [0.25, 0.3) is 5.91 Å². The standard InChI is InChI=1S/C16H15BrN2O2/c1-2-11-4-3-5-12(8-11)10-18-19-16(21)14-9-13(17)6-7-15(14)20/h3-10,20H,2H2,1H3,(H,19,21)/b18-10+. The van der Waals surface area contributed by atoms with Crippen LogP contribution in [-0.2, 0) is 6.42 Å². The molecule has 0 heterocycles. The van der Waals surface area contributed by atoms with E-state index in [1.165, 1.54) is 17.7 Å². The molecule has 0 spiro atoms. The van der Waals surface area contributed by atoms with E-state index >= 15 is 0 Å². The number of hydrazone groups is 1. The number of carbonyl (C=O) groups is 1. The Balaban J connectivity index is 2.06. The molecule has 0 unspecified atom stereocenters. The molecule has 2 aromatic carbocycles. The lowest BCUT2D eigenvalue weighted by Crippen LogP contribution is -2.17. The molecule has 108 valence electrons. The lowest BCUT2D eigenvalue weighted by molar-refractivity contribution is 0.0952. The van der Waals surface area contributed by atoms with E-state index in [9.17, 15) is 9.90 Å². The molecule has 2 rings (SSSR count). The predicted molar refractivity (Wildman–Crippen MR) is 86.7 cm³/mol. The van der Waals surface area contributed by atoms with E-state index in [-0.39, 0.29) is 11.3 Å². The highest BCUT2D eigenvalue weighted by molar-refractivity contribution is 9.10. The highest BCUT2D eigenvalue weighted by Gasteiger charge is 2.10. The normalized spacial score (nSPS) is 10.8. The maximum atomic E-state index is 11.9. The van der Waals surface area contributed by atoms with Crippen LogP contribution >= 0.6 is 15.9 Å². The Morgan fingerprint density at radius 2 is 2.14 bits per heavy atom. The zero-order chi connectivity index (χ0) is 15.2. The fraction of sp³-hybridized carbons (Fsp3) is 0.125. The summed E-state index contributed by atoms with van der Waals surface area (Å²) in [5.41, 5.74) is 4.69. The Kier molecular flexibility index (Phi) is 5.11. The molecule has 0 radical (unpaired) electrons. The molecule has 2 N–H and O–H groups in total. The molecule has 0 aliphatic heterocycles. The molecule has 0 atom stereocenters. The van der Waals surface area contributed by atoms with E-state index in [1.54, 1.807) is 12.3 Å². The number of nitrogens with one attached hydrogen (secondary N) is 1. The van der Waals surface area contributed by atoms with Gasteiger partial charge >= 0.3 is 0 Å². The summed E-state index contributed by atoms with van der Waals surface area (Å²) in [7, 11) is 0. The van der Waals surface area contributed by atoms with Crippen molar-refractivity contribution >= 4 is 28.1 Å². The molecule has 0 fully saturated rings. The minimum absolute atomic E-state index is 0.0844. The van der Waals surface area contributed by atoms with E-state index in [1.807, 2.05) is 24.3 Å². The maximum absolute atomic E-state index is 11.9. The highest BCUT2D eigenvalue weighted by atomic mass is 79.9. The summed E-state index contributed by atoms with van der Waals surface area (Å²) in [6.45, 7) is 2.08. The fourth-order valence-electron chi connectivity index (χ4n) is 1.81. The first-order valence-electron chi connectivity index (χ1n) is 6.51. The van der Waals surface area contributed by atoms with Gasteiger partial charge in [-0.15, -0.1) is 0 Å². The van der Waals surface area contributed by atoms with Crippen molar-refractivity contribution in [1.29, 1.82) is 0 Å². The lowest BCUT2D eigenvalue weighted by Gasteiger charge is -2.03. The third kappa shape index (κ3) is 4.16. The van der Waals surface area contributed by atoms with Gasteiger partial charge < -0.3 is 5.11 Å². The number of aromatic hydroxyl groups is 1. The Morgan fingerprint density at radius 3 is 2.90 bits per heavy atom. The molecule has 2 aromatic rings. The molecular formula is C16H15BrN2O2. The summed E-state index contributed by atoms with van der Waals surface area (Å²) in [5, 5.41) is 13.6. The molecule has 0 saturated heterocycles. The summed E-state index contributed by atoms with van der Waals surface area (Å²) in [5.74, 6) is -0.546. The van der Waals surface area contributed by atoms with Crippen molar-refractivity contribution in [3.8, 4) is 5.75 Å². The van der Waals surface area contributed by atoms with E-state index in [0.29, 0.717) is 4.47 Å². The molecule has 0 aliphatic rings. The largest absolute Gasteiger partial charge is 0.507 e. The minimum Gasteiger partial charge on any atom is -0.507 e. The Bertz CT molecular complexity index is 684. The van der Waals surface area contributed by atoms with Crippen LogP contribution in [0.3, 0.4) is 0 Å². The van der Waals surface area contributed by atoms with Crippen molar-refractivity contribution in [2.24, 2.45) is 5.10 Å². The van der Waals surface area contributed by atoms with Gasteiger partial charge in [0.2, 0.25) is 0 Å². The number of amides is 1. The number of nitrogens with zero attached hydrogens (tertiary/aromatic N) is 1. The Labute approximate surface area is 131 Å². The quantitative estimate of drug-likeness (QED) is 0.657. The first-order valence-corrected chi connectivity index (χ1v) is 7.30. The SMILES string of the molecule is CCc1cccc(/C=N/NC(=O)c2cc(Br)ccc2O)c1. The van der Waals surface area contributed by atoms with Crippen molar-refractivity contribution in [2.45, 2.75) is 13.3 Å². The van der Waals surface area contributed by atoms with E-state index < -0.39 is 5.91 Å². The third-order valence-electron chi connectivity index (χ3n) is 2.94. The van der Waals surface area contributed by atoms with Gasteiger partial charge in [0.05, 0.1) is 11.8 Å². The van der Waals surface area contributed by atoms with Gasteiger partial charge in [0.15, 0.2) is 0 Å². The summed E-state index contributed by atoms with van der Waals surface area (Å²) < 4.78 is 0.713. The number of benzene rings is 2. The second kappa shape index (κ2) is 7.04. The zero-order valence-electron chi connectivity index (χ0n) is 11.5. The van der Waals surface area contributed by atoms with Gasteiger partial charge in [-0.25, -0.2) is 5.43 Å². The van der Waals surface area contributed by atoms with E-state index in [4.69, 9.17) is 0 Å². The van der Waals surface area contributed by atoms with Crippen LogP contribution in [0.5, 0.6) is 5.75 Å². The molecule has 5 heteroatoms. The average molecular weight is 347 g/mol. The number of halogens is 1. The number of rotatable bonds is 4. The average Bonchev–Trinajstić information content (AvgIpc) is 2.49. The summed E-state index contributed by atoms with van der Waals surface area (Å²) >= 11 is 3.26. The maximum Gasteiger partial charge on any atom is 0.275 e. The number of phenols is 1. The van der Waals surface area contributed by atoms with Crippen molar-refractivity contribution < 1.29 is 9.90 Å². The number of hydrogen-bond acceptors (Lipinski definition) is 3. The van der Waals surface area contributed by atoms with Gasteiger partial charge in [-0.2, -0.15) is 5.10 Å². The fourth-order valence-corrected chi connectivity index (χ4v) is 2.17. The first kappa shape index (κ1) is 15.3. The molecule has 0 aromatic heterocycles. The number of phenolic OH excluding ortho intramolecular Hbond substituents is 1. The van der Waals surface area contributed by atoms with Crippen molar-refractivity contribution in [3.63, 3.8) is 0 Å². The molecule has 1 amide bonds. The minimum atomic E-state index is -0.461. The first-order chi connectivity index (χ1) is 10.1. The van der Waals surface area contributed by atoms with Gasteiger partial charge in [-0.3, -0.25) is 4.79 Å². The Hall–Kier alpha value is -2.14. The monoisotopic (exact) mass is 346 g/mol. The van der Waals surface area contributed by atoms with Crippen molar-refractivity contribution in [1.82, 2.24) is 5.43 Å². The van der Waals surface area contributed by atoms with Crippen LogP contribution in [-0.4, -0.2) is 17.2 Å². The van der Waals surface area contributed by atoms with E-state index in [2.05, 4.69) is 33.4 Å². The molecule has 0 aliphatic carbocycles. The van der Waals surface area contributed by atoms with Crippen molar-refractivity contribution in [3.05, 3.63) is 63.6 Å². The van der Waals surface area contributed by atoms with Gasteiger partial charge in [0, 0.05) is 4.47 Å². The van der Waals surface area contributed by atoms with Gasteiger partial charge in [0.1, 0.15) is 5.75 Å². The van der Waals surface area contributed by atoms with Crippen LogP contribution in [0.25, 0.3) is 0 Å². The van der Waals surface area contributed by atoms with Crippen LogP contribution in [0, 0.1) is 0 Å². The molecule has 21 heavy (non-hydrogen) atoms. The van der Waals surface area contributed by atoms with E-state index in [0.717, 1.165) is 12.0 Å². The van der Waals surface area contributed by atoms with Gasteiger partial charge in [-0.05, 0) is 35.7 Å². The van der Waals surface area contributed by atoms with Crippen LogP contribution in [0.15, 0.2) is 52.0 Å². The molecule has 4 nitrogen and oxygen atoms in total. The smallest absolute Gasteiger partial charge is 0.275 e. The lowest BCUT2D eigenvalue weighted by atomic mass is 10.1. The summed E-state index contributed by atoms with van der Waals surface area (Å²) in [6.07, 6.45) is 2.52. The zero-order valence-corrected chi connectivity index (χ0v) is 13.1. The molecular weight excluding hydrogens is 332 g/mol. The van der Waals surface area contributed by atoms with Crippen LogP contribution in [0.4, 0.5) is 0 Å². The van der Waals surface area contributed by atoms with Crippen LogP contribution < -0.4 is 5.43 Å². The molecule has 0 bridgehead atoms. The van der Waals surface area contributed by atoms with Crippen LogP contribution in [0.2, 0.25) is 0 Å². The third-order valence-corrected chi connectivity index (χ3v) is 3.44. The second-order valence-corrected chi connectivity index (χ2v) is 5.37. The van der Waals surface area contributed by atoms with Crippen LogP contribution in [0.1, 0.15) is 28.4 Å². The topological polar surface area (TPSA) is 61.7 Å². The summed E-state index contributed by atoms with van der Waals surface area (Å²) in [6, 6.07) is 12.5. The van der Waals surface area contributed by atoms with Crippen molar-refractivity contribution in [2.75, 3.05) is 0 Å². The Morgan fingerprint density at radius 1 is 1.33 bits per heavy atom. The predicted octanol–water partition coefficient (Wildman–Crippen LogP) is 3.48. The highest BCUT2D eigenvalue weighted by Crippen LogP contribution is 2.21. The van der Waals surface area contributed by atoms with Gasteiger partial charge in [-0.1, -0.05) is 47.1 Å². The summed E-state index contributed by atoms with van der Waals surface area (Å²) in [4.78, 5) is 11.9.